The number of amides is 1. The van der Waals surface area contributed by atoms with Crippen molar-refractivity contribution in [3.05, 3.63) is 87.6 Å². The van der Waals surface area contributed by atoms with E-state index in [1.807, 2.05) is 12.1 Å². The number of benzene rings is 3. The SMILES string of the molecule is COc1cc(/C=N\NC(=O)c2cc3cccc(OC)c3o2)ccc1OCc1ccc(Cl)cc1Cl. The van der Waals surface area contributed by atoms with Gasteiger partial charge in [-0.25, -0.2) is 5.43 Å². The van der Waals surface area contributed by atoms with E-state index in [9.17, 15) is 4.79 Å². The number of furan rings is 1. The van der Waals surface area contributed by atoms with Crippen LogP contribution in [0.15, 0.2) is 70.2 Å². The van der Waals surface area contributed by atoms with Crippen LogP contribution in [0.1, 0.15) is 21.7 Å². The number of halogens is 2. The average molecular weight is 499 g/mol. The summed E-state index contributed by atoms with van der Waals surface area (Å²) in [7, 11) is 3.08. The van der Waals surface area contributed by atoms with E-state index in [1.54, 1.807) is 55.6 Å². The molecule has 0 aliphatic carbocycles. The Morgan fingerprint density at radius 1 is 1.00 bits per heavy atom. The Labute approximate surface area is 205 Å². The smallest absolute Gasteiger partial charge is 0.307 e. The second-order valence-electron chi connectivity index (χ2n) is 7.12. The summed E-state index contributed by atoms with van der Waals surface area (Å²) >= 11 is 12.1. The Morgan fingerprint density at radius 3 is 2.59 bits per heavy atom. The van der Waals surface area contributed by atoms with Gasteiger partial charge >= 0.3 is 5.91 Å². The van der Waals surface area contributed by atoms with Crippen LogP contribution in [0.2, 0.25) is 10.0 Å². The molecule has 3 aromatic carbocycles. The number of fused-ring (bicyclic) bond motifs is 1. The zero-order chi connectivity index (χ0) is 24.1. The molecule has 4 rings (SSSR count). The molecule has 0 saturated carbocycles. The van der Waals surface area contributed by atoms with E-state index >= 15 is 0 Å². The number of hydrazone groups is 1. The summed E-state index contributed by atoms with van der Waals surface area (Å²) in [5.74, 6) is 1.23. The lowest BCUT2D eigenvalue weighted by molar-refractivity contribution is 0.0929. The van der Waals surface area contributed by atoms with Gasteiger partial charge in [-0.2, -0.15) is 5.10 Å². The van der Waals surface area contributed by atoms with Crippen LogP contribution in [-0.4, -0.2) is 26.3 Å². The van der Waals surface area contributed by atoms with Gasteiger partial charge in [0.2, 0.25) is 0 Å². The van der Waals surface area contributed by atoms with Crippen molar-refractivity contribution in [2.45, 2.75) is 6.61 Å². The molecule has 0 fully saturated rings. The van der Waals surface area contributed by atoms with Gasteiger partial charge < -0.3 is 18.6 Å². The van der Waals surface area contributed by atoms with Crippen molar-refractivity contribution in [2.24, 2.45) is 5.10 Å². The zero-order valence-electron chi connectivity index (χ0n) is 18.3. The second-order valence-corrected chi connectivity index (χ2v) is 7.97. The van der Waals surface area contributed by atoms with E-state index in [-0.39, 0.29) is 12.4 Å². The molecule has 1 heterocycles. The first-order chi connectivity index (χ1) is 16.5. The molecular weight excluding hydrogens is 479 g/mol. The van der Waals surface area contributed by atoms with Crippen molar-refractivity contribution in [3.8, 4) is 17.2 Å². The maximum absolute atomic E-state index is 12.4. The molecule has 0 unspecified atom stereocenters. The van der Waals surface area contributed by atoms with Crippen molar-refractivity contribution in [1.82, 2.24) is 5.43 Å². The number of hydrogen-bond acceptors (Lipinski definition) is 6. The largest absolute Gasteiger partial charge is 0.493 e. The van der Waals surface area contributed by atoms with Gasteiger partial charge in [0.05, 0.1) is 20.4 Å². The maximum atomic E-state index is 12.4. The molecule has 1 amide bonds. The van der Waals surface area contributed by atoms with Crippen molar-refractivity contribution in [3.63, 3.8) is 0 Å². The monoisotopic (exact) mass is 498 g/mol. The number of carbonyl (C=O) groups excluding carboxylic acids is 1. The number of nitrogens with one attached hydrogen (secondary N) is 1. The van der Waals surface area contributed by atoms with Gasteiger partial charge in [-0.15, -0.1) is 0 Å². The highest BCUT2D eigenvalue weighted by Gasteiger charge is 2.14. The number of methoxy groups -OCH3 is 2. The Balaban J connectivity index is 1.41. The van der Waals surface area contributed by atoms with E-state index in [1.165, 1.54) is 13.3 Å². The molecule has 34 heavy (non-hydrogen) atoms. The molecule has 9 heteroatoms. The number of para-hydroxylation sites is 1. The molecule has 1 N–H and O–H groups in total. The molecule has 0 radical (unpaired) electrons. The van der Waals surface area contributed by atoms with Crippen LogP contribution in [0.4, 0.5) is 0 Å². The van der Waals surface area contributed by atoms with Crippen LogP contribution in [0.5, 0.6) is 17.2 Å². The van der Waals surface area contributed by atoms with Crippen molar-refractivity contribution in [1.29, 1.82) is 0 Å². The number of nitrogens with zero attached hydrogens (tertiary/aromatic N) is 1. The minimum absolute atomic E-state index is 0.124. The molecule has 0 atom stereocenters. The predicted molar refractivity (Wildman–Crippen MR) is 132 cm³/mol. The van der Waals surface area contributed by atoms with Crippen molar-refractivity contribution < 1.29 is 23.4 Å². The van der Waals surface area contributed by atoms with E-state index < -0.39 is 5.91 Å². The van der Waals surface area contributed by atoms with Crippen LogP contribution >= 0.6 is 23.2 Å². The minimum Gasteiger partial charge on any atom is -0.493 e. The van der Waals surface area contributed by atoms with E-state index in [0.29, 0.717) is 38.4 Å². The molecule has 0 aliphatic heterocycles. The predicted octanol–water partition coefficient (Wildman–Crippen LogP) is 6.10. The topological polar surface area (TPSA) is 82.3 Å². The molecule has 0 saturated heterocycles. The highest BCUT2D eigenvalue weighted by atomic mass is 35.5. The first-order valence-electron chi connectivity index (χ1n) is 10.1. The number of ether oxygens (including phenoxy) is 3. The molecule has 0 aliphatic rings. The van der Waals surface area contributed by atoms with Crippen LogP contribution in [0, 0.1) is 0 Å². The third-order valence-corrected chi connectivity index (χ3v) is 5.50. The average Bonchev–Trinajstić information content (AvgIpc) is 3.28. The minimum atomic E-state index is -0.485. The Morgan fingerprint density at radius 2 is 1.82 bits per heavy atom. The number of rotatable bonds is 8. The molecule has 4 aromatic rings. The van der Waals surface area contributed by atoms with Gasteiger partial charge in [0, 0.05) is 21.0 Å². The lowest BCUT2D eigenvalue weighted by Crippen LogP contribution is -2.16. The Hall–Kier alpha value is -3.68. The van der Waals surface area contributed by atoms with E-state index in [0.717, 1.165) is 10.9 Å². The normalized spacial score (nSPS) is 11.1. The summed E-state index contributed by atoms with van der Waals surface area (Å²) in [6.07, 6.45) is 1.49. The third kappa shape index (κ3) is 5.27. The molecule has 0 spiro atoms. The van der Waals surface area contributed by atoms with Crippen LogP contribution in [0.25, 0.3) is 11.0 Å². The lowest BCUT2D eigenvalue weighted by atomic mass is 10.2. The fourth-order valence-corrected chi connectivity index (χ4v) is 3.67. The van der Waals surface area contributed by atoms with Gasteiger partial charge in [-0.05, 0) is 48.0 Å². The van der Waals surface area contributed by atoms with E-state index in [2.05, 4.69) is 10.5 Å². The van der Waals surface area contributed by atoms with Crippen LogP contribution in [-0.2, 0) is 6.61 Å². The lowest BCUT2D eigenvalue weighted by Gasteiger charge is -2.12. The molecule has 7 nitrogen and oxygen atoms in total. The zero-order valence-corrected chi connectivity index (χ0v) is 19.8. The standard InChI is InChI=1S/C25H20Cl2N2O5/c1-31-21-5-3-4-16-11-23(34-24(16)21)25(30)29-28-13-15-6-9-20(22(10-15)32-2)33-14-17-7-8-18(26)12-19(17)27/h3-13H,14H2,1-2H3,(H,29,30)/b28-13-. The van der Waals surface area contributed by atoms with Gasteiger partial charge in [0.25, 0.3) is 0 Å². The second kappa shape index (κ2) is 10.5. The summed E-state index contributed by atoms with van der Waals surface area (Å²) < 4.78 is 22.1. The summed E-state index contributed by atoms with van der Waals surface area (Å²) in [5, 5.41) is 5.84. The van der Waals surface area contributed by atoms with Gasteiger partial charge in [0.1, 0.15) is 6.61 Å². The number of carbonyl (C=O) groups is 1. The first-order valence-corrected chi connectivity index (χ1v) is 10.9. The Kier molecular flexibility index (Phi) is 7.25. The molecular formula is C25H20Cl2N2O5. The summed E-state index contributed by atoms with van der Waals surface area (Å²) in [5.41, 5.74) is 4.44. The van der Waals surface area contributed by atoms with E-state index in [4.69, 9.17) is 41.8 Å². The van der Waals surface area contributed by atoms with Crippen LogP contribution in [0.3, 0.4) is 0 Å². The summed E-state index contributed by atoms with van der Waals surface area (Å²) in [6.45, 7) is 0.248. The fourth-order valence-electron chi connectivity index (χ4n) is 3.21. The highest BCUT2D eigenvalue weighted by Crippen LogP contribution is 2.30. The first kappa shape index (κ1) is 23.5. The highest BCUT2D eigenvalue weighted by molar-refractivity contribution is 6.35. The third-order valence-electron chi connectivity index (χ3n) is 4.92. The maximum Gasteiger partial charge on any atom is 0.307 e. The van der Waals surface area contributed by atoms with Crippen LogP contribution < -0.4 is 19.6 Å². The molecule has 0 bridgehead atoms. The fraction of sp³-hybridized carbons (Fsp3) is 0.120. The van der Waals surface area contributed by atoms with Crippen molar-refractivity contribution >= 4 is 46.3 Å². The van der Waals surface area contributed by atoms with Crippen molar-refractivity contribution in [2.75, 3.05) is 14.2 Å². The number of hydrogen-bond donors (Lipinski definition) is 1. The summed E-state index contributed by atoms with van der Waals surface area (Å²) in [6, 6.07) is 17.5. The Bertz CT molecular complexity index is 1370. The summed E-state index contributed by atoms with van der Waals surface area (Å²) in [4.78, 5) is 12.4. The quantitative estimate of drug-likeness (QED) is 0.234. The molecule has 1 aromatic heterocycles. The van der Waals surface area contributed by atoms with Gasteiger partial charge in [0.15, 0.2) is 28.6 Å². The van der Waals surface area contributed by atoms with Gasteiger partial charge in [-0.1, -0.05) is 41.4 Å². The molecule has 174 valence electrons. The van der Waals surface area contributed by atoms with Gasteiger partial charge in [-0.3, -0.25) is 4.79 Å².